The molecule has 0 N–H and O–H groups in total. The van der Waals surface area contributed by atoms with E-state index in [4.69, 9.17) is 23.2 Å². The highest BCUT2D eigenvalue weighted by Crippen LogP contribution is 2.38. The molecule has 2 unspecified atom stereocenters. The second-order valence-electron chi connectivity index (χ2n) is 4.32. The molecule has 2 aromatic rings. The summed E-state index contributed by atoms with van der Waals surface area (Å²) >= 11 is 11.7. The number of azo groups is 1. The molecule has 1 aliphatic rings. The van der Waals surface area contributed by atoms with Crippen LogP contribution < -0.4 is 0 Å². The fourth-order valence-corrected chi connectivity index (χ4v) is 2.37. The van der Waals surface area contributed by atoms with Gasteiger partial charge in [-0.3, -0.25) is 0 Å². The highest BCUT2D eigenvalue weighted by molar-refractivity contribution is 6.30. The Morgan fingerprint density at radius 2 is 1.74 bits per heavy atom. The van der Waals surface area contributed by atoms with Gasteiger partial charge in [-0.25, -0.2) is 0 Å². The van der Waals surface area contributed by atoms with E-state index < -0.39 is 0 Å². The quantitative estimate of drug-likeness (QED) is 0.837. The molecule has 3 rings (SSSR count). The lowest BCUT2D eigenvalue weighted by atomic mass is 9.92. The summed E-state index contributed by atoms with van der Waals surface area (Å²) in [6.45, 7) is 0.615. The van der Waals surface area contributed by atoms with Crippen LogP contribution in [0.25, 0.3) is 0 Å². The van der Waals surface area contributed by atoms with Crippen LogP contribution in [-0.2, 0) is 0 Å². The van der Waals surface area contributed by atoms with E-state index in [0.717, 1.165) is 11.3 Å². The molecular weight excluding hydrogens is 283 g/mol. The predicted molar refractivity (Wildman–Crippen MR) is 73.7 cm³/mol. The Morgan fingerprint density at radius 1 is 0.947 bits per heavy atom. The number of hydrogen-bond donors (Lipinski definition) is 0. The van der Waals surface area contributed by atoms with Gasteiger partial charge in [-0.2, -0.15) is 15.3 Å². The maximum absolute atomic E-state index is 5.90. The minimum absolute atomic E-state index is 0.0345. The average molecular weight is 293 g/mol. The first-order valence-electron chi connectivity index (χ1n) is 5.85. The number of aromatic nitrogens is 2. The van der Waals surface area contributed by atoms with Crippen molar-refractivity contribution in [3.05, 3.63) is 57.8 Å². The van der Waals surface area contributed by atoms with Crippen molar-refractivity contribution in [3.8, 4) is 0 Å². The summed E-state index contributed by atoms with van der Waals surface area (Å²) in [5, 5.41) is 17.5. The lowest BCUT2D eigenvalue weighted by molar-refractivity contribution is 0.609. The van der Waals surface area contributed by atoms with Crippen molar-refractivity contribution in [3.63, 3.8) is 0 Å². The zero-order valence-corrected chi connectivity index (χ0v) is 11.4. The van der Waals surface area contributed by atoms with E-state index >= 15 is 0 Å². The van der Waals surface area contributed by atoms with Gasteiger partial charge in [-0.05, 0) is 29.8 Å². The van der Waals surface area contributed by atoms with Gasteiger partial charge in [0.05, 0.1) is 18.2 Å². The third-order valence-corrected chi connectivity index (χ3v) is 3.56. The van der Waals surface area contributed by atoms with E-state index in [0.29, 0.717) is 16.7 Å². The highest BCUT2D eigenvalue weighted by atomic mass is 35.5. The van der Waals surface area contributed by atoms with Crippen molar-refractivity contribution < 1.29 is 0 Å². The van der Waals surface area contributed by atoms with Crippen LogP contribution >= 0.6 is 23.2 Å². The lowest BCUT2D eigenvalue weighted by Gasteiger charge is -2.15. The summed E-state index contributed by atoms with van der Waals surface area (Å²) in [6.07, 6.45) is 0. The molecule has 0 saturated carbocycles. The molecule has 19 heavy (non-hydrogen) atoms. The largest absolute Gasteiger partial charge is 0.193 e. The van der Waals surface area contributed by atoms with E-state index in [1.807, 2.05) is 30.3 Å². The molecule has 96 valence electrons. The molecule has 4 nitrogen and oxygen atoms in total. The summed E-state index contributed by atoms with van der Waals surface area (Å²) in [5.74, 6) is 0.103. The molecule has 6 heteroatoms. The number of rotatable bonds is 2. The minimum Gasteiger partial charge on any atom is -0.193 e. The van der Waals surface area contributed by atoms with E-state index in [-0.39, 0.29) is 12.0 Å². The lowest BCUT2D eigenvalue weighted by Crippen LogP contribution is -2.10. The molecule has 1 aliphatic heterocycles. The van der Waals surface area contributed by atoms with Crippen molar-refractivity contribution >= 4 is 23.2 Å². The van der Waals surface area contributed by atoms with Crippen molar-refractivity contribution in [1.82, 2.24) is 10.2 Å². The first kappa shape index (κ1) is 12.5. The number of halogens is 2. The molecule has 0 aliphatic carbocycles. The first-order chi connectivity index (χ1) is 9.24. The molecule has 0 spiro atoms. The van der Waals surface area contributed by atoms with E-state index in [1.54, 1.807) is 6.07 Å². The topological polar surface area (TPSA) is 50.5 Å². The number of benzene rings is 1. The third-order valence-electron chi connectivity index (χ3n) is 3.11. The van der Waals surface area contributed by atoms with E-state index in [2.05, 4.69) is 20.4 Å². The van der Waals surface area contributed by atoms with Gasteiger partial charge >= 0.3 is 0 Å². The highest BCUT2D eigenvalue weighted by Gasteiger charge is 2.30. The van der Waals surface area contributed by atoms with Gasteiger partial charge in [0.1, 0.15) is 6.04 Å². The van der Waals surface area contributed by atoms with Gasteiger partial charge < -0.3 is 0 Å². The molecule has 0 bridgehead atoms. The Bertz CT molecular complexity index is 595. The van der Waals surface area contributed by atoms with Crippen LogP contribution in [0, 0.1) is 0 Å². The smallest absolute Gasteiger partial charge is 0.151 e. The van der Waals surface area contributed by atoms with Crippen molar-refractivity contribution in [2.75, 3.05) is 6.54 Å². The fraction of sp³-hybridized carbons (Fsp3) is 0.231. The molecule has 0 amide bonds. The van der Waals surface area contributed by atoms with Gasteiger partial charge in [0.2, 0.25) is 0 Å². The van der Waals surface area contributed by atoms with Crippen molar-refractivity contribution in [2.24, 2.45) is 10.2 Å². The van der Waals surface area contributed by atoms with Gasteiger partial charge in [-0.15, -0.1) is 5.10 Å². The van der Waals surface area contributed by atoms with Crippen LogP contribution in [0.5, 0.6) is 0 Å². The molecule has 1 aromatic carbocycles. The van der Waals surface area contributed by atoms with Crippen LogP contribution in [0.15, 0.2) is 46.6 Å². The zero-order valence-electron chi connectivity index (χ0n) is 9.87. The van der Waals surface area contributed by atoms with Gasteiger partial charge in [0, 0.05) is 5.02 Å². The van der Waals surface area contributed by atoms with E-state index in [1.165, 1.54) is 0 Å². The van der Waals surface area contributed by atoms with Gasteiger partial charge in [-0.1, -0.05) is 35.3 Å². The second-order valence-corrected chi connectivity index (χ2v) is 5.15. The Morgan fingerprint density at radius 3 is 2.42 bits per heavy atom. The molecular formula is C13H10Cl2N4. The van der Waals surface area contributed by atoms with Crippen molar-refractivity contribution in [2.45, 2.75) is 12.0 Å². The Hall–Kier alpha value is -1.52. The molecule has 0 saturated heterocycles. The normalized spacial score (nSPS) is 21.8. The zero-order chi connectivity index (χ0) is 13.2. The maximum atomic E-state index is 5.90. The third kappa shape index (κ3) is 2.60. The summed E-state index contributed by atoms with van der Waals surface area (Å²) in [4.78, 5) is 0. The molecule has 0 radical (unpaired) electrons. The minimum atomic E-state index is -0.0345. The second kappa shape index (κ2) is 5.23. The molecule has 2 atom stereocenters. The molecule has 1 aromatic heterocycles. The standard InChI is InChI=1S/C13H10Cl2N4/c14-9-3-1-8(2-4-9)13-10(7-16-19-13)11-5-6-12(15)18-17-11/h1-6,10,13H,7H2. The van der Waals surface area contributed by atoms with Crippen molar-refractivity contribution in [1.29, 1.82) is 0 Å². The fourth-order valence-electron chi connectivity index (χ4n) is 2.14. The number of nitrogens with zero attached hydrogens (tertiary/aromatic N) is 4. The summed E-state index contributed by atoms with van der Waals surface area (Å²) in [7, 11) is 0. The van der Waals surface area contributed by atoms with Crippen LogP contribution in [0.2, 0.25) is 10.2 Å². The first-order valence-corrected chi connectivity index (χ1v) is 6.61. The Labute approximate surface area is 120 Å². The van der Waals surface area contributed by atoms with E-state index in [9.17, 15) is 0 Å². The van der Waals surface area contributed by atoms with Crippen LogP contribution in [0.1, 0.15) is 23.2 Å². The van der Waals surface area contributed by atoms with Gasteiger partial charge in [0.25, 0.3) is 0 Å². The summed E-state index contributed by atoms with van der Waals surface area (Å²) in [6, 6.07) is 11.2. The SMILES string of the molecule is Clc1ccc(C2N=NCC2c2ccc(Cl)nn2)cc1. The summed E-state index contributed by atoms with van der Waals surface area (Å²) < 4.78 is 0. The maximum Gasteiger partial charge on any atom is 0.151 e. The Kier molecular flexibility index (Phi) is 3.44. The molecule has 2 heterocycles. The molecule has 0 fully saturated rings. The van der Waals surface area contributed by atoms with Crippen LogP contribution in [-0.4, -0.2) is 16.7 Å². The van der Waals surface area contributed by atoms with Crippen LogP contribution in [0.4, 0.5) is 0 Å². The van der Waals surface area contributed by atoms with Gasteiger partial charge in [0.15, 0.2) is 5.15 Å². The average Bonchev–Trinajstić information content (AvgIpc) is 2.90. The predicted octanol–water partition coefficient (Wildman–Crippen LogP) is 4.07. The Balaban J connectivity index is 1.90. The van der Waals surface area contributed by atoms with Crippen LogP contribution in [0.3, 0.4) is 0 Å². The summed E-state index contributed by atoms with van der Waals surface area (Å²) in [5.41, 5.74) is 1.93. The monoisotopic (exact) mass is 292 g/mol. The number of hydrogen-bond acceptors (Lipinski definition) is 4.